The van der Waals surface area contributed by atoms with Gasteiger partial charge in [0.1, 0.15) is 11.9 Å². The van der Waals surface area contributed by atoms with E-state index in [0.29, 0.717) is 90.9 Å². The van der Waals surface area contributed by atoms with Crippen LogP contribution >= 0.6 is 23.2 Å². The second-order valence-corrected chi connectivity index (χ2v) is 11.5. The van der Waals surface area contributed by atoms with E-state index in [-0.39, 0.29) is 12.7 Å². The number of rotatable bonds is 12. The third-order valence-corrected chi connectivity index (χ3v) is 8.31. The molecule has 1 N–H and O–H groups in total. The van der Waals surface area contributed by atoms with Crippen molar-refractivity contribution in [1.29, 1.82) is 0 Å². The Labute approximate surface area is 257 Å². The van der Waals surface area contributed by atoms with Crippen LogP contribution < -0.4 is 10.1 Å². The van der Waals surface area contributed by atoms with Gasteiger partial charge in [0.05, 0.1) is 60.8 Å². The van der Waals surface area contributed by atoms with Gasteiger partial charge in [-0.2, -0.15) is 0 Å². The molecule has 1 unspecified atom stereocenters. The van der Waals surface area contributed by atoms with Crippen LogP contribution in [0.15, 0.2) is 40.7 Å². The van der Waals surface area contributed by atoms with Crippen molar-refractivity contribution in [3.63, 3.8) is 0 Å². The first-order valence-electron chi connectivity index (χ1n) is 14.5. The molecule has 0 aromatic heterocycles. The summed E-state index contributed by atoms with van der Waals surface area (Å²) in [4.78, 5) is 31.3. The van der Waals surface area contributed by atoms with Crippen LogP contribution in [0.2, 0.25) is 10.0 Å². The number of hydrogen-bond acceptors (Lipinski definition) is 10. The van der Waals surface area contributed by atoms with Gasteiger partial charge in [0, 0.05) is 69.1 Å². The average molecular weight is 627 g/mol. The highest BCUT2D eigenvalue weighted by atomic mass is 35.5. The Morgan fingerprint density at radius 1 is 0.905 bits per heavy atom. The molecule has 0 radical (unpaired) electrons. The Morgan fingerprint density at radius 3 is 2.05 bits per heavy atom. The van der Waals surface area contributed by atoms with E-state index in [0.717, 1.165) is 26.2 Å². The SMILES string of the molecule is CC1=C(C(=O)OCCCOc2ccc(Cl)c(Cl)c2)C(C)C(C(=O)OC(CN2CCOCC2)CN2CCOCC2)=C(C)N1. The molecule has 1 aromatic carbocycles. The first-order valence-corrected chi connectivity index (χ1v) is 15.2. The van der Waals surface area contributed by atoms with E-state index >= 15 is 0 Å². The number of esters is 2. The van der Waals surface area contributed by atoms with Gasteiger partial charge in [0.15, 0.2) is 0 Å². The van der Waals surface area contributed by atoms with Gasteiger partial charge in [-0.05, 0) is 26.0 Å². The van der Waals surface area contributed by atoms with Crippen LogP contribution in [0.25, 0.3) is 0 Å². The lowest BCUT2D eigenvalue weighted by Crippen LogP contribution is -2.48. The molecule has 3 heterocycles. The standard InChI is InChI=1S/C30H41Cl2N3O7/c1-20-27(29(36)41-12-4-11-40-23-5-6-25(31)26(32)17-23)21(2)33-22(3)28(20)30(37)42-24(18-34-7-13-38-14-8-34)19-35-9-15-39-16-10-35/h5-6,17,20,24,33H,4,7-16,18-19H2,1-3H3. The Kier molecular flexibility index (Phi) is 12.4. The number of ether oxygens (including phenoxy) is 5. The molecule has 10 nitrogen and oxygen atoms in total. The van der Waals surface area contributed by atoms with Gasteiger partial charge in [0.25, 0.3) is 0 Å². The zero-order valence-electron chi connectivity index (χ0n) is 24.6. The van der Waals surface area contributed by atoms with Crippen molar-refractivity contribution in [2.45, 2.75) is 33.3 Å². The second kappa shape index (κ2) is 15.9. The molecule has 12 heteroatoms. The molecule has 4 rings (SSSR count). The quantitative estimate of drug-likeness (QED) is 0.274. The van der Waals surface area contributed by atoms with Gasteiger partial charge < -0.3 is 29.0 Å². The van der Waals surface area contributed by atoms with E-state index in [1.54, 1.807) is 18.2 Å². The van der Waals surface area contributed by atoms with Crippen molar-refractivity contribution >= 4 is 35.1 Å². The molecule has 0 bridgehead atoms. The van der Waals surface area contributed by atoms with Gasteiger partial charge in [0.2, 0.25) is 0 Å². The maximum atomic E-state index is 13.7. The van der Waals surface area contributed by atoms with E-state index in [4.69, 9.17) is 46.9 Å². The predicted molar refractivity (Wildman–Crippen MR) is 160 cm³/mol. The molecular weight excluding hydrogens is 585 g/mol. The molecule has 232 valence electrons. The lowest BCUT2D eigenvalue weighted by molar-refractivity contribution is -0.148. The van der Waals surface area contributed by atoms with E-state index in [2.05, 4.69) is 15.1 Å². The van der Waals surface area contributed by atoms with E-state index < -0.39 is 17.9 Å². The highest BCUT2D eigenvalue weighted by Crippen LogP contribution is 2.31. The first-order chi connectivity index (χ1) is 20.2. The normalized spacial score (nSPS) is 20.5. The first kappa shape index (κ1) is 32.6. The number of dihydropyridines is 1. The summed E-state index contributed by atoms with van der Waals surface area (Å²) in [5.74, 6) is -0.806. The van der Waals surface area contributed by atoms with Crippen molar-refractivity contribution in [2.75, 3.05) is 78.9 Å². The Balaban J connectivity index is 1.33. The summed E-state index contributed by atoms with van der Waals surface area (Å²) < 4.78 is 28.4. The molecule has 3 aliphatic heterocycles. The molecule has 2 fully saturated rings. The van der Waals surface area contributed by atoms with Gasteiger partial charge >= 0.3 is 11.9 Å². The van der Waals surface area contributed by atoms with Crippen molar-refractivity contribution in [3.05, 3.63) is 50.8 Å². The molecule has 3 aliphatic rings. The molecular formula is C30H41Cl2N3O7. The molecule has 1 aromatic rings. The van der Waals surface area contributed by atoms with Crippen LogP contribution in [0.4, 0.5) is 0 Å². The van der Waals surface area contributed by atoms with Crippen molar-refractivity contribution < 1.29 is 33.3 Å². The summed E-state index contributed by atoms with van der Waals surface area (Å²) in [5.41, 5.74) is 2.18. The zero-order valence-corrected chi connectivity index (χ0v) is 26.1. The zero-order chi connectivity index (χ0) is 30.1. The van der Waals surface area contributed by atoms with Gasteiger partial charge in [-0.15, -0.1) is 0 Å². The van der Waals surface area contributed by atoms with E-state index in [9.17, 15) is 9.59 Å². The number of nitrogens with one attached hydrogen (secondary N) is 1. The average Bonchev–Trinajstić information content (AvgIpc) is 2.95. The smallest absolute Gasteiger partial charge is 0.336 e. The predicted octanol–water partition coefficient (Wildman–Crippen LogP) is 3.67. The number of benzene rings is 1. The minimum atomic E-state index is -0.494. The van der Waals surface area contributed by atoms with Crippen molar-refractivity contribution in [1.82, 2.24) is 15.1 Å². The van der Waals surface area contributed by atoms with E-state index in [1.807, 2.05) is 20.8 Å². The molecule has 1 atom stereocenters. The Bertz CT molecular complexity index is 1140. The van der Waals surface area contributed by atoms with Crippen molar-refractivity contribution in [3.8, 4) is 5.75 Å². The topological polar surface area (TPSA) is 98.8 Å². The van der Waals surface area contributed by atoms with Gasteiger partial charge in [-0.25, -0.2) is 9.59 Å². The molecule has 0 aliphatic carbocycles. The van der Waals surface area contributed by atoms with Gasteiger partial charge in [-0.1, -0.05) is 30.1 Å². The lowest BCUT2D eigenvalue weighted by atomic mass is 9.87. The summed E-state index contributed by atoms with van der Waals surface area (Å²) in [5, 5.41) is 4.06. The maximum absolute atomic E-state index is 13.7. The fourth-order valence-electron chi connectivity index (χ4n) is 5.42. The molecule has 0 spiro atoms. The molecule has 0 saturated carbocycles. The lowest BCUT2D eigenvalue weighted by Gasteiger charge is -2.35. The Hall–Kier alpha value is -2.34. The minimum absolute atomic E-state index is 0.160. The summed E-state index contributed by atoms with van der Waals surface area (Å²) >= 11 is 12.0. The number of hydrogen-bond donors (Lipinski definition) is 1. The van der Waals surface area contributed by atoms with Crippen molar-refractivity contribution in [2.24, 2.45) is 5.92 Å². The van der Waals surface area contributed by atoms with Crippen LogP contribution in [0, 0.1) is 5.92 Å². The van der Waals surface area contributed by atoms with Crippen LogP contribution in [0.3, 0.4) is 0 Å². The molecule has 0 amide bonds. The molecule has 42 heavy (non-hydrogen) atoms. The Morgan fingerprint density at radius 2 is 1.48 bits per heavy atom. The van der Waals surface area contributed by atoms with Crippen LogP contribution in [0.1, 0.15) is 27.2 Å². The van der Waals surface area contributed by atoms with Gasteiger partial charge in [-0.3, -0.25) is 9.80 Å². The van der Waals surface area contributed by atoms with E-state index in [1.165, 1.54) is 0 Å². The van der Waals surface area contributed by atoms with Crippen LogP contribution in [-0.4, -0.2) is 107 Å². The highest BCUT2D eigenvalue weighted by Gasteiger charge is 2.35. The summed E-state index contributed by atoms with van der Waals surface area (Å²) in [6, 6.07) is 5.03. The summed E-state index contributed by atoms with van der Waals surface area (Å²) in [6.45, 7) is 13.1. The van der Waals surface area contributed by atoms with Crippen LogP contribution in [-0.2, 0) is 28.5 Å². The fourth-order valence-corrected chi connectivity index (χ4v) is 5.71. The minimum Gasteiger partial charge on any atom is -0.493 e. The fraction of sp³-hybridized carbons (Fsp3) is 0.600. The maximum Gasteiger partial charge on any atom is 0.336 e. The third kappa shape index (κ3) is 9.08. The highest BCUT2D eigenvalue weighted by molar-refractivity contribution is 6.42. The number of carbonyl (C=O) groups is 2. The number of nitrogens with zero attached hydrogens (tertiary/aromatic N) is 2. The number of halogens is 2. The number of carbonyl (C=O) groups excluding carboxylic acids is 2. The second-order valence-electron chi connectivity index (χ2n) is 10.7. The largest absolute Gasteiger partial charge is 0.493 e. The number of morpholine rings is 2. The third-order valence-electron chi connectivity index (χ3n) is 7.58. The summed E-state index contributed by atoms with van der Waals surface area (Å²) in [6.07, 6.45) is 0.147. The monoisotopic (exact) mass is 625 g/mol. The summed E-state index contributed by atoms with van der Waals surface area (Å²) in [7, 11) is 0. The molecule has 2 saturated heterocycles. The number of allylic oxidation sites excluding steroid dienone is 2. The van der Waals surface area contributed by atoms with Crippen LogP contribution in [0.5, 0.6) is 5.75 Å².